The van der Waals surface area contributed by atoms with E-state index in [1.807, 2.05) is 0 Å². The Morgan fingerprint density at radius 1 is 1.16 bits per heavy atom. The highest BCUT2D eigenvalue weighted by molar-refractivity contribution is 5.82. The molecule has 1 fully saturated rings. The van der Waals surface area contributed by atoms with Crippen molar-refractivity contribution < 1.29 is 20.1 Å². The average Bonchev–Trinajstić information content (AvgIpc) is 2.86. The van der Waals surface area contributed by atoms with Crippen LogP contribution < -0.4 is 11.5 Å². The van der Waals surface area contributed by atoms with Crippen LogP contribution in [0.15, 0.2) is 6.33 Å². The van der Waals surface area contributed by atoms with E-state index in [1.165, 1.54) is 10.9 Å². The van der Waals surface area contributed by atoms with Gasteiger partial charge in [0.25, 0.3) is 0 Å². The number of hydrogen-bond acceptors (Lipinski definition) is 9. The second-order valence-electron chi connectivity index (χ2n) is 4.19. The predicted molar refractivity (Wildman–Crippen MR) is 62.3 cm³/mol. The van der Waals surface area contributed by atoms with E-state index in [0.717, 1.165) is 0 Å². The Labute approximate surface area is 106 Å². The van der Waals surface area contributed by atoms with Crippen molar-refractivity contribution in [2.75, 3.05) is 11.5 Å². The minimum Gasteiger partial charge on any atom is -0.385 e. The summed E-state index contributed by atoms with van der Waals surface area (Å²) in [6.45, 7) is 0. The molecule has 0 saturated carbocycles. The van der Waals surface area contributed by atoms with E-state index in [1.54, 1.807) is 0 Å². The maximum atomic E-state index is 9.81. The van der Waals surface area contributed by atoms with Crippen molar-refractivity contribution >= 4 is 22.9 Å². The van der Waals surface area contributed by atoms with Gasteiger partial charge in [0.2, 0.25) is 5.95 Å². The Kier molecular flexibility index (Phi) is 2.53. The number of nitrogens with zero attached hydrogens (tertiary/aromatic N) is 4. The molecule has 0 amide bonds. The third-order valence-corrected chi connectivity index (χ3v) is 2.95. The van der Waals surface area contributed by atoms with Gasteiger partial charge in [0.15, 0.2) is 24.0 Å². The quantitative estimate of drug-likeness (QED) is 0.377. The van der Waals surface area contributed by atoms with Crippen LogP contribution in [0.1, 0.15) is 6.23 Å². The molecule has 0 aromatic carbocycles. The van der Waals surface area contributed by atoms with Gasteiger partial charge in [-0.3, -0.25) is 4.57 Å². The first-order chi connectivity index (χ1) is 8.99. The van der Waals surface area contributed by atoms with Gasteiger partial charge in [0.05, 0.1) is 6.33 Å². The second kappa shape index (κ2) is 3.99. The molecule has 4 atom stereocenters. The van der Waals surface area contributed by atoms with E-state index in [4.69, 9.17) is 16.2 Å². The first-order valence-electron chi connectivity index (χ1n) is 5.44. The van der Waals surface area contributed by atoms with Gasteiger partial charge in [-0.2, -0.15) is 9.97 Å². The third-order valence-electron chi connectivity index (χ3n) is 2.95. The van der Waals surface area contributed by atoms with Crippen LogP contribution >= 0.6 is 0 Å². The van der Waals surface area contributed by atoms with Crippen molar-refractivity contribution in [1.82, 2.24) is 19.5 Å². The van der Waals surface area contributed by atoms with Gasteiger partial charge >= 0.3 is 0 Å². The lowest BCUT2D eigenvalue weighted by Crippen LogP contribution is -2.31. The number of aliphatic hydroxyl groups excluding tert-OH is 3. The van der Waals surface area contributed by atoms with Crippen LogP contribution in [0.25, 0.3) is 11.2 Å². The van der Waals surface area contributed by atoms with E-state index in [9.17, 15) is 15.3 Å². The minimum absolute atomic E-state index is 0.0552. The first kappa shape index (κ1) is 12.0. The van der Waals surface area contributed by atoms with Crippen LogP contribution in [-0.2, 0) is 4.74 Å². The highest BCUT2D eigenvalue weighted by Crippen LogP contribution is 2.31. The third kappa shape index (κ3) is 1.69. The fraction of sp³-hybridized carbons (Fsp3) is 0.444. The molecule has 0 bridgehead atoms. The summed E-state index contributed by atoms with van der Waals surface area (Å²) >= 11 is 0. The summed E-state index contributed by atoms with van der Waals surface area (Å²) in [5, 5.41) is 28.7. The van der Waals surface area contributed by atoms with Crippen molar-refractivity contribution in [2.24, 2.45) is 0 Å². The van der Waals surface area contributed by atoms with Crippen LogP contribution in [0.2, 0.25) is 0 Å². The standard InChI is InChI=1S/C9H12N6O4/c10-5-2-6(14-9(11)13-5)15(1-12-2)7-3(16)4(17)8(18)19-7/h1,3-4,7-8,16-18H,(H4,10,11,13,14)/t3-,4-,7-,8-/m1/s1. The zero-order valence-corrected chi connectivity index (χ0v) is 9.58. The van der Waals surface area contributed by atoms with E-state index >= 15 is 0 Å². The molecule has 7 N–H and O–H groups in total. The SMILES string of the molecule is Nc1nc(N)c2ncn([C@@H]3O[C@@H](O)[C@H](O)[C@H]3O)c2n1. The largest absolute Gasteiger partial charge is 0.385 e. The molecule has 0 radical (unpaired) electrons. The topological polar surface area (TPSA) is 166 Å². The van der Waals surface area contributed by atoms with Crippen LogP contribution in [0, 0.1) is 0 Å². The number of nitrogens with two attached hydrogens (primary N) is 2. The molecule has 3 rings (SSSR count). The lowest BCUT2D eigenvalue weighted by atomic mass is 10.2. The van der Waals surface area contributed by atoms with E-state index < -0.39 is 24.7 Å². The Balaban J connectivity index is 2.11. The monoisotopic (exact) mass is 268 g/mol. The molecule has 3 heterocycles. The number of aliphatic hydroxyl groups is 3. The number of anilines is 2. The van der Waals surface area contributed by atoms with E-state index in [-0.39, 0.29) is 17.4 Å². The first-order valence-corrected chi connectivity index (χ1v) is 5.44. The summed E-state index contributed by atoms with van der Waals surface area (Å²) in [5.74, 6) is 0.0372. The van der Waals surface area contributed by atoms with Crippen LogP contribution in [-0.4, -0.2) is 53.3 Å². The summed E-state index contributed by atoms with van der Waals surface area (Å²) in [6, 6.07) is 0. The fourth-order valence-corrected chi connectivity index (χ4v) is 2.01. The molecular weight excluding hydrogens is 256 g/mol. The van der Waals surface area contributed by atoms with Crippen molar-refractivity contribution in [1.29, 1.82) is 0 Å². The van der Waals surface area contributed by atoms with Gasteiger partial charge in [-0.15, -0.1) is 0 Å². The van der Waals surface area contributed by atoms with Crippen molar-refractivity contribution in [3.8, 4) is 0 Å². The highest BCUT2D eigenvalue weighted by Gasteiger charge is 2.43. The summed E-state index contributed by atoms with van der Waals surface area (Å²) in [6.07, 6.45) is -3.96. The van der Waals surface area contributed by atoms with E-state index in [2.05, 4.69) is 15.0 Å². The molecule has 2 aromatic rings. The number of hydrogen-bond donors (Lipinski definition) is 5. The molecule has 19 heavy (non-hydrogen) atoms. The predicted octanol–water partition coefficient (Wildman–Crippen LogP) is -2.44. The smallest absolute Gasteiger partial charge is 0.224 e. The van der Waals surface area contributed by atoms with Crippen molar-refractivity contribution in [3.05, 3.63) is 6.33 Å². The number of fused-ring (bicyclic) bond motifs is 1. The van der Waals surface area contributed by atoms with Gasteiger partial charge in [0.1, 0.15) is 17.7 Å². The van der Waals surface area contributed by atoms with Gasteiger partial charge in [-0.05, 0) is 0 Å². The van der Waals surface area contributed by atoms with Crippen molar-refractivity contribution in [2.45, 2.75) is 24.7 Å². The zero-order chi connectivity index (χ0) is 13.7. The normalized spacial score (nSPS) is 31.1. The molecule has 0 aliphatic carbocycles. The van der Waals surface area contributed by atoms with Crippen LogP contribution in [0.4, 0.5) is 11.8 Å². The Hall–Kier alpha value is -2.01. The fourth-order valence-electron chi connectivity index (χ4n) is 2.01. The van der Waals surface area contributed by atoms with Gasteiger partial charge in [-0.1, -0.05) is 0 Å². The Bertz CT molecular complexity index is 630. The van der Waals surface area contributed by atoms with E-state index in [0.29, 0.717) is 5.52 Å². The number of imidazole rings is 1. The number of ether oxygens (including phenoxy) is 1. The summed E-state index contributed by atoms with van der Waals surface area (Å²) < 4.78 is 6.38. The zero-order valence-electron chi connectivity index (χ0n) is 9.58. The Morgan fingerprint density at radius 3 is 2.53 bits per heavy atom. The van der Waals surface area contributed by atoms with Gasteiger partial charge in [0, 0.05) is 0 Å². The minimum atomic E-state index is -1.49. The molecule has 10 nitrogen and oxygen atoms in total. The molecule has 2 aromatic heterocycles. The van der Waals surface area contributed by atoms with Gasteiger partial charge in [-0.25, -0.2) is 4.98 Å². The number of aromatic nitrogens is 4. The van der Waals surface area contributed by atoms with Crippen LogP contribution in [0.5, 0.6) is 0 Å². The second-order valence-corrected chi connectivity index (χ2v) is 4.19. The molecule has 102 valence electrons. The number of rotatable bonds is 1. The summed E-state index contributed by atoms with van der Waals surface area (Å²) in [4.78, 5) is 11.7. The molecule has 1 aliphatic rings. The van der Waals surface area contributed by atoms with Crippen LogP contribution in [0.3, 0.4) is 0 Å². The molecule has 10 heteroatoms. The molecular formula is C9H12N6O4. The number of nitrogen functional groups attached to an aromatic ring is 2. The van der Waals surface area contributed by atoms with Crippen molar-refractivity contribution in [3.63, 3.8) is 0 Å². The summed E-state index contributed by atoms with van der Waals surface area (Å²) in [5.41, 5.74) is 11.7. The molecule has 1 aliphatic heterocycles. The maximum Gasteiger partial charge on any atom is 0.224 e. The average molecular weight is 268 g/mol. The highest BCUT2D eigenvalue weighted by atomic mass is 16.7. The lowest BCUT2D eigenvalue weighted by Gasteiger charge is -2.16. The molecule has 0 spiro atoms. The van der Waals surface area contributed by atoms with Gasteiger partial charge < -0.3 is 31.5 Å². The maximum absolute atomic E-state index is 9.81. The molecule has 0 unspecified atom stereocenters. The lowest BCUT2D eigenvalue weighted by molar-refractivity contribution is -0.141. The molecule has 1 saturated heterocycles. The summed E-state index contributed by atoms with van der Waals surface area (Å²) in [7, 11) is 0. The Morgan fingerprint density at radius 2 is 1.89 bits per heavy atom.